The molecule has 1 unspecified atom stereocenters. The number of methoxy groups -OCH3 is 1. The lowest BCUT2D eigenvalue weighted by Gasteiger charge is -2.35. The van der Waals surface area contributed by atoms with Crippen LogP contribution in [0.5, 0.6) is 0 Å². The van der Waals surface area contributed by atoms with Crippen molar-refractivity contribution >= 4 is 22.5 Å². The molecule has 2 aromatic carbocycles. The monoisotopic (exact) mass is 434 g/mol. The second kappa shape index (κ2) is 9.01. The van der Waals surface area contributed by atoms with E-state index in [1.54, 1.807) is 36.4 Å². The first-order valence-corrected chi connectivity index (χ1v) is 9.59. The molecule has 0 aliphatic heterocycles. The average Bonchev–Trinajstić information content (AvgIpc) is 2.71. The van der Waals surface area contributed by atoms with Crippen molar-refractivity contribution in [2.45, 2.75) is 25.9 Å². The van der Waals surface area contributed by atoms with Crippen LogP contribution in [0.3, 0.4) is 0 Å². The van der Waals surface area contributed by atoms with Crippen molar-refractivity contribution in [3.8, 4) is 0 Å². The number of anilines is 1. The third-order valence-corrected chi connectivity index (χ3v) is 5.01. The van der Waals surface area contributed by atoms with Crippen LogP contribution in [-0.2, 0) is 16.0 Å². The maximum atomic E-state index is 14.0. The first kappa shape index (κ1) is 22.7. The van der Waals surface area contributed by atoms with Gasteiger partial charge in [0.05, 0.1) is 23.7 Å². The number of para-hydroxylation sites is 1. The molecule has 0 bridgehead atoms. The first-order chi connectivity index (χ1) is 14.6. The Labute approximate surface area is 177 Å². The standard InChI is InChI=1S/C23H22F4N2O2/c1-22(14-23(25,26)27,12-16-7-4-3-5-8-16)21(30)29(15-31-2)18-11-17-9-6-10-19(24)20(17)28-13-18/h3-11,13H,12,14-15H2,1-2H3. The predicted molar refractivity (Wildman–Crippen MR) is 110 cm³/mol. The molecule has 1 aromatic heterocycles. The van der Waals surface area contributed by atoms with Crippen LogP contribution >= 0.6 is 0 Å². The number of carbonyl (C=O) groups excluding carboxylic acids is 1. The molecule has 0 aliphatic carbocycles. The summed E-state index contributed by atoms with van der Waals surface area (Å²) < 4.78 is 59.5. The molecule has 3 rings (SSSR count). The fourth-order valence-electron chi connectivity index (χ4n) is 3.67. The Kier molecular flexibility index (Phi) is 6.59. The van der Waals surface area contributed by atoms with Crippen molar-refractivity contribution in [3.63, 3.8) is 0 Å². The molecule has 8 heteroatoms. The minimum atomic E-state index is -4.55. The summed E-state index contributed by atoms with van der Waals surface area (Å²) in [5.74, 6) is -1.28. The topological polar surface area (TPSA) is 42.4 Å². The summed E-state index contributed by atoms with van der Waals surface area (Å²) in [4.78, 5) is 18.7. The largest absolute Gasteiger partial charge is 0.390 e. The van der Waals surface area contributed by atoms with Gasteiger partial charge in [0.2, 0.25) is 5.91 Å². The number of rotatable bonds is 7. The highest BCUT2D eigenvalue weighted by Gasteiger charge is 2.46. The number of nitrogens with zero attached hydrogens (tertiary/aromatic N) is 2. The van der Waals surface area contributed by atoms with Crippen molar-refractivity contribution in [1.82, 2.24) is 4.98 Å². The Bertz CT molecular complexity index is 1060. The van der Waals surface area contributed by atoms with Crippen LogP contribution in [0.25, 0.3) is 10.9 Å². The van der Waals surface area contributed by atoms with Crippen molar-refractivity contribution < 1.29 is 27.1 Å². The van der Waals surface area contributed by atoms with Gasteiger partial charge >= 0.3 is 6.18 Å². The molecule has 4 nitrogen and oxygen atoms in total. The van der Waals surface area contributed by atoms with Gasteiger partial charge in [-0.25, -0.2) is 4.39 Å². The zero-order valence-corrected chi connectivity index (χ0v) is 17.1. The molecule has 1 amide bonds. The molecule has 164 valence electrons. The fourth-order valence-corrected chi connectivity index (χ4v) is 3.67. The summed E-state index contributed by atoms with van der Waals surface area (Å²) in [5.41, 5.74) is -0.835. The van der Waals surface area contributed by atoms with Crippen LogP contribution in [0.2, 0.25) is 0 Å². The summed E-state index contributed by atoms with van der Waals surface area (Å²) in [6.07, 6.45) is -4.70. The normalized spacial score (nSPS) is 13.7. The van der Waals surface area contributed by atoms with E-state index in [1.165, 1.54) is 38.4 Å². The second-order valence-corrected chi connectivity index (χ2v) is 7.67. The van der Waals surface area contributed by atoms with Crippen LogP contribution in [0.1, 0.15) is 18.9 Å². The van der Waals surface area contributed by atoms with Crippen LogP contribution in [0, 0.1) is 11.2 Å². The van der Waals surface area contributed by atoms with Gasteiger partial charge in [-0.1, -0.05) is 49.4 Å². The van der Waals surface area contributed by atoms with Crippen LogP contribution in [0.15, 0.2) is 60.8 Å². The van der Waals surface area contributed by atoms with Gasteiger partial charge in [0.25, 0.3) is 0 Å². The second-order valence-electron chi connectivity index (χ2n) is 7.67. The summed E-state index contributed by atoms with van der Waals surface area (Å²) in [6.45, 7) is 1.02. The molecular weight excluding hydrogens is 412 g/mol. The van der Waals surface area contributed by atoms with Crippen molar-refractivity contribution in [3.05, 3.63) is 72.2 Å². The molecule has 0 fully saturated rings. The Morgan fingerprint density at radius 1 is 1.10 bits per heavy atom. The van der Waals surface area contributed by atoms with Crippen molar-refractivity contribution in [1.29, 1.82) is 0 Å². The Morgan fingerprint density at radius 3 is 2.45 bits per heavy atom. The molecule has 3 aromatic rings. The number of pyridine rings is 1. The van der Waals surface area contributed by atoms with E-state index in [1.807, 2.05) is 0 Å². The maximum Gasteiger partial charge on any atom is 0.390 e. The zero-order valence-electron chi connectivity index (χ0n) is 17.1. The molecular formula is C23H22F4N2O2. The summed E-state index contributed by atoms with van der Waals surface area (Å²) in [6, 6.07) is 14.4. The Balaban J connectivity index is 2.03. The fraction of sp³-hybridized carbons (Fsp3) is 0.304. The van der Waals surface area contributed by atoms with E-state index in [2.05, 4.69) is 4.98 Å². The highest BCUT2D eigenvalue weighted by molar-refractivity contribution is 5.98. The van der Waals surface area contributed by atoms with Gasteiger partial charge in [-0.2, -0.15) is 13.2 Å². The molecule has 0 radical (unpaired) electrons. The minimum absolute atomic E-state index is 0.109. The van der Waals surface area contributed by atoms with Gasteiger partial charge in [-0.05, 0) is 24.1 Å². The molecule has 1 heterocycles. The summed E-state index contributed by atoms with van der Waals surface area (Å²) in [5, 5.41) is 0.423. The quantitative estimate of drug-likeness (QED) is 0.364. The van der Waals surface area contributed by atoms with Gasteiger partial charge in [0, 0.05) is 12.5 Å². The lowest BCUT2D eigenvalue weighted by Crippen LogP contribution is -2.47. The highest BCUT2D eigenvalue weighted by Crippen LogP contribution is 2.39. The summed E-state index contributed by atoms with van der Waals surface area (Å²) in [7, 11) is 1.34. The van der Waals surface area contributed by atoms with E-state index in [0.29, 0.717) is 10.9 Å². The molecule has 0 N–H and O–H groups in total. The molecule has 31 heavy (non-hydrogen) atoms. The third-order valence-electron chi connectivity index (χ3n) is 5.01. The third kappa shape index (κ3) is 5.38. The average molecular weight is 434 g/mol. The molecule has 1 atom stereocenters. The van der Waals surface area contributed by atoms with Gasteiger partial charge in [0.15, 0.2) is 0 Å². The lowest BCUT2D eigenvalue weighted by molar-refractivity contribution is -0.165. The minimum Gasteiger partial charge on any atom is -0.364 e. The number of benzene rings is 2. The Hall–Kier alpha value is -3.00. The van der Waals surface area contributed by atoms with Gasteiger partial charge in [0.1, 0.15) is 18.1 Å². The Morgan fingerprint density at radius 2 is 1.81 bits per heavy atom. The number of alkyl halides is 3. The van der Waals surface area contributed by atoms with Gasteiger partial charge < -0.3 is 4.74 Å². The number of hydrogen-bond donors (Lipinski definition) is 0. The number of fused-ring (bicyclic) bond motifs is 1. The predicted octanol–water partition coefficient (Wildman–Crippen LogP) is 5.51. The molecule has 0 spiro atoms. The molecule has 0 aliphatic rings. The number of aromatic nitrogens is 1. The van der Waals surface area contributed by atoms with Crippen LogP contribution in [0.4, 0.5) is 23.2 Å². The smallest absolute Gasteiger partial charge is 0.364 e. The SMILES string of the molecule is COCN(C(=O)C(C)(Cc1ccccc1)CC(F)(F)F)c1cnc2c(F)cccc2c1. The first-order valence-electron chi connectivity index (χ1n) is 9.59. The molecule has 0 saturated carbocycles. The van der Waals surface area contributed by atoms with E-state index >= 15 is 0 Å². The maximum absolute atomic E-state index is 14.0. The number of ether oxygens (including phenoxy) is 1. The summed E-state index contributed by atoms with van der Waals surface area (Å²) >= 11 is 0. The number of amides is 1. The van der Waals surface area contributed by atoms with Gasteiger partial charge in [-0.15, -0.1) is 0 Å². The number of hydrogen-bond acceptors (Lipinski definition) is 3. The van der Waals surface area contributed by atoms with E-state index in [-0.39, 0.29) is 24.4 Å². The van der Waals surface area contributed by atoms with E-state index in [0.717, 1.165) is 4.90 Å². The van der Waals surface area contributed by atoms with E-state index < -0.39 is 29.7 Å². The van der Waals surface area contributed by atoms with Crippen LogP contribution in [-0.4, -0.2) is 30.9 Å². The van der Waals surface area contributed by atoms with E-state index in [9.17, 15) is 22.4 Å². The van der Waals surface area contributed by atoms with Gasteiger partial charge in [-0.3, -0.25) is 14.7 Å². The highest BCUT2D eigenvalue weighted by atomic mass is 19.4. The number of carbonyl (C=O) groups is 1. The van der Waals surface area contributed by atoms with E-state index in [4.69, 9.17) is 4.74 Å². The molecule has 0 saturated heterocycles. The lowest BCUT2D eigenvalue weighted by atomic mass is 9.79. The van der Waals surface area contributed by atoms with Crippen molar-refractivity contribution in [2.75, 3.05) is 18.7 Å². The number of halogens is 4. The van der Waals surface area contributed by atoms with Crippen LogP contribution < -0.4 is 4.90 Å². The zero-order chi connectivity index (χ0) is 22.6. The van der Waals surface area contributed by atoms with Crippen molar-refractivity contribution in [2.24, 2.45) is 5.41 Å².